The Morgan fingerprint density at radius 2 is 2.31 bits per heavy atom. The quantitative estimate of drug-likeness (QED) is 0.854. The molecule has 2 heterocycles. The summed E-state index contributed by atoms with van der Waals surface area (Å²) in [6, 6.07) is 2.01. The number of nitrogens with zero attached hydrogens (tertiary/aromatic N) is 2. The van der Waals surface area contributed by atoms with E-state index in [0.717, 1.165) is 35.3 Å². The van der Waals surface area contributed by atoms with Crippen molar-refractivity contribution in [1.82, 2.24) is 9.97 Å². The van der Waals surface area contributed by atoms with Gasteiger partial charge in [0.2, 0.25) is 0 Å². The fourth-order valence-electron chi connectivity index (χ4n) is 1.94. The van der Waals surface area contributed by atoms with Gasteiger partial charge in [-0.25, -0.2) is 9.97 Å². The maximum atomic E-state index is 9.99. The first kappa shape index (κ1) is 9.99. The van der Waals surface area contributed by atoms with Gasteiger partial charge in [-0.15, -0.1) is 11.3 Å². The van der Waals surface area contributed by atoms with Crippen molar-refractivity contribution in [2.75, 3.05) is 11.9 Å². The van der Waals surface area contributed by atoms with Gasteiger partial charge in [0.1, 0.15) is 17.0 Å². The standard InChI is InChI=1S/C11H13N3OS/c15-11(3-1-4-11)6-12-9-8-2-5-16-10(8)14-7-13-9/h2,5,7,15H,1,3-4,6H2,(H,12,13,14). The van der Waals surface area contributed by atoms with Crippen LogP contribution in [0.15, 0.2) is 17.8 Å². The smallest absolute Gasteiger partial charge is 0.138 e. The topological polar surface area (TPSA) is 58.0 Å². The third-order valence-corrected chi connectivity index (χ3v) is 3.95. The minimum atomic E-state index is -0.521. The molecule has 0 radical (unpaired) electrons. The molecular formula is C11H13N3OS. The highest BCUT2D eigenvalue weighted by Gasteiger charge is 2.34. The van der Waals surface area contributed by atoms with Crippen LogP contribution in [0.4, 0.5) is 5.82 Å². The van der Waals surface area contributed by atoms with E-state index in [1.807, 2.05) is 11.4 Å². The fraction of sp³-hybridized carbons (Fsp3) is 0.455. The van der Waals surface area contributed by atoms with Crippen molar-refractivity contribution >= 4 is 27.4 Å². The van der Waals surface area contributed by atoms with E-state index < -0.39 is 5.60 Å². The Labute approximate surface area is 97.4 Å². The van der Waals surface area contributed by atoms with E-state index in [0.29, 0.717) is 6.54 Å². The molecule has 3 rings (SSSR count). The van der Waals surface area contributed by atoms with E-state index in [2.05, 4.69) is 15.3 Å². The van der Waals surface area contributed by atoms with Gasteiger partial charge in [-0.3, -0.25) is 0 Å². The number of aliphatic hydroxyl groups is 1. The molecule has 1 aliphatic carbocycles. The van der Waals surface area contributed by atoms with E-state index in [1.54, 1.807) is 17.7 Å². The van der Waals surface area contributed by atoms with Gasteiger partial charge in [-0.1, -0.05) is 0 Å². The van der Waals surface area contributed by atoms with Gasteiger partial charge in [0.15, 0.2) is 0 Å². The molecule has 16 heavy (non-hydrogen) atoms. The predicted octanol–water partition coefficient (Wildman–Crippen LogP) is 2.02. The molecule has 0 unspecified atom stereocenters. The van der Waals surface area contributed by atoms with Crippen molar-refractivity contribution in [1.29, 1.82) is 0 Å². The number of hydrogen-bond acceptors (Lipinski definition) is 5. The van der Waals surface area contributed by atoms with E-state index in [1.165, 1.54) is 0 Å². The molecule has 2 aromatic heterocycles. The van der Waals surface area contributed by atoms with Crippen LogP contribution in [-0.4, -0.2) is 27.2 Å². The lowest BCUT2D eigenvalue weighted by atomic mass is 9.80. The van der Waals surface area contributed by atoms with Crippen LogP contribution >= 0.6 is 11.3 Å². The summed E-state index contributed by atoms with van der Waals surface area (Å²) in [6.45, 7) is 0.578. The minimum Gasteiger partial charge on any atom is -0.388 e. The zero-order valence-electron chi connectivity index (χ0n) is 8.81. The molecule has 0 aromatic carbocycles. The van der Waals surface area contributed by atoms with E-state index in [9.17, 15) is 5.11 Å². The fourth-order valence-corrected chi connectivity index (χ4v) is 2.67. The monoisotopic (exact) mass is 235 g/mol. The molecule has 2 N–H and O–H groups in total. The summed E-state index contributed by atoms with van der Waals surface area (Å²) in [6.07, 6.45) is 4.46. The average Bonchev–Trinajstić information content (AvgIpc) is 2.72. The van der Waals surface area contributed by atoms with E-state index in [-0.39, 0.29) is 0 Å². The summed E-state index contributed by atoms with van der Waals surface area (Å²) in [5.74, 6) is 0.826. The molecule has 0 saturated heterocycles. The second kappa shape index (κ2) is 3.68. The Morgan fingerprint density at radius 3 is 3.06 bits per heavy atom. The molecule has 84 valence electrons. The molecule has 2 aromatic rings. The van der Waals surface area contributed by atoms with Crippen LogP contribution in [0.25, 0.3) is 10.2 Å². The summed E-state index contributed by atoms with van der Waals surface area (Å²) < 4.78 is 0. The first-order valence-corrected chi connectivity index (χ1v) is 6.29. The zero-order chi connectivity index (χ0) is 11.0. The minimum absolute atomic E-state index is 0.521. The van der Waals surface area contributed by atoms with Gasteiger partial charge in [-0.05, 0) is 30.7 Å². The van der Waals surface area contributed by atoms with Crippen LogP contribution in [-0.2, 0) is 0 Å². The first-order valence-electron chi connectivity index (χ1n) is 5.41. The highest BCUT2D eigenvalue weighted by atomic mass is 32.1. The van der Waals surface area contributed by atoms with Crippen LogP contribution in [0.5, 0.6) is 0 Å². The Morgan fingerprint density at radius 1 is 1.44 bits per heavy atom. The lowest BCUT2D eigenvalue weighted by Gasteiger charge is -2.36. The van der Waals surface area contributed by atoms with Crippen LogP contribution in [0.2, 0.25) is 0 Å². The number of thiophene rings is 1. The summed E-state index contributed by atoms with van der Waals surface area (Å²) >= 11 is 1.60. The molecule has 1 aliphatic rings. The van der Waals surface area contributed by atoms with Gasteiger partial charge in [-0.2, -0.15) is 0 Å². The number of hydrogen-bond donors (Lipinski definition) is 2. The van der Waals surface area contributed by atoms with Gasteiger partial charge >= 0.3 is 0 Å². The second-order valence-corrected chi connectivity index (χ2v) is 5.19. The van der Waals surface area contributed by atoms with Gasteiger partial charge in [0, 0.05) is 6.54 Å². The van der Waals surface area contributed by atoms with E-state index in [4.69, 9.17) is 0 Å². The summed E-state index contributed by atoms with van der Waals surface area (Å²) in [7, 11) is 0. The second-order valence-electron chi connectivity index (χ2n) is 4.29. The van der Waals surface area contributed by atoms with Crippen LogP contribution in [0, 0.1) is 0 Å². The molecule has 0 aliphatic heterocycles. The molecular weight excluding hydrogens is 222 g/mol. The van der Waals surface area contributed by atoms with Crippen molar-refractivity contribution in [3.05, 3.63) is 17.8 Å². The molecule has 0 atom stereocenters. The maximum absolute atomic E-state index is 9.99. The molecule has 0 spiro atoms. The SMILES string of the molecule is OC1(CNc2ncnc3sccc23)CCC1. The number of anilines is 1. The number of rotatable bonds is 3. The van der Waals surface area contributed by atoms with Crippen molar-refractivity contribution in [2.24, 2.45) is 0 Å². The van der Waals surface area contributed by atoms with Crippen molar-refractivity contribution in [3.8, 4) is 0 Å². The van der Waals surface area contributed by atoms with Crippen molar-refractivity contribution in [2.45, 2.75) is 24.9 Å². The number of aromatic nitrogens is 2. The number of nitrogens with one attached hydrogen (secondary N) is 1. The van der Waals surface area contributed by atoms with Crippen LogP contribution in [0.1, 0.15) is 19.3 Å². The molecule has 5 heteroatoms. The molecule has 0 amide bonds. The highest BCUT2D eigenvalue weighted by Crippen LogP contribution is 2.32. The van der Waals surface area contributed by atoms with E-state index >= 15 is 0 Å². The predicted molar refractivity (Wildman–Crippen MR) is 64.7 cm³/mol. The van der Waals surface area contributed by atoms with Crippen LogP contribution in [0.3, 0.4) is 0 Å². The summed E-state index contributed by atoms with van der Waals surface area (Å²) in [4.78, 5) is 9.38. The third kappa shape index (κ3) is 1.66. The Hall–Kier alpha value is -1.20. The molecule has 1 saturated carbocycles. The largest absolute Gasteiger partial charge is 0.388 e. The Balaban J connectivity index is 1.81. The first-order chi connectivity index (χ1) is 7.77. The Bertz CT molecular complexity index is 507. The molecule has 0 bridgehead atoms. The summed E-state index contributed by atoms with van der Waals surface area (Å²) in [5, 5.41) is 16.3. The lowest BCUT2D eigenvalue weighted by Crippen LogP contribution is -2.43. The normalized spacial score (nSPS) is 18.3. The average molecular weight is 235 g/mol. The summed E-state index contributed by atoms with van der Waals surface area (Å²) in [5.41, 5.74) is -0.521. The molecule has 1 fully saturated rings. The lowest BCUT2D eigenvalue weighted by molar-refractivity contribution is -0.0202. The van der Waals surface area contributed by atoms with Gasteiger partial charge in [0.25, 0.3) is 0 Å². The van der Waals surface area contributed by atoms with Crippen molar-refractivity contribution < 1.29 is 5.11 Å². The van der Waals surface area contributed by atoms with Crippen molar-refractivity contribution in [3.63, 3.8) is 0 Å². The van der Waals surface area contributed by atoms with Gasteiger partial charge in [0.05, 0.1) is 11.0 Å². The Kier molecular flexibility index (Phi) is 2.29. The highest BCUT2D eigenvalue weighted by molar-refractivity contribution is 7.16. The van der Waals surface area contributed by atoms with Gasteiger partial charge < -0.3 is 10.4 Å². The zero-order valence-corrected chi connectivity index (χ0v) is 9.63. The maximum Gasteiger partial charge on any atom is 0.138 e. The number of fused-ring (bicyclic) bond motifs is 1. The third-order valence-electron chi connectivity index (χ3n) is 3.13. The molecule has 4 nitrogen and oxygen atoms in total. The van der Waals surface area contributed by atoms with Crippen LogP contribution < -0.4 is 5.32 Å².